The second-order valence-corrected chi connectivity index (χ2v) is 2.47. The minimum Gasteiger partial charge on any atom is -0.204 e. The molecule has 0 aliphatic heterocycles. The molecule has 0 unspecified atom stereocenters. The molecule has 13 heavy (non-hydrogen) atoms. The number of hydrogen-bond donors (Lipinski definition) is 0. The van der Waals surface area contributed by atoms with Crippen molar-refractivity contribution in [1.82, 2.24) is 9.61 Å². The summed E-state index contributed by atoms with van der Waals surface area (Å²) in [4.78, 5) is 0. The summed E-state index contributed by atoms with van der Waals surface area (Å²) in [6.07, 6.45) is 1.18. The first-order chi connectivity index (χ1) is 6.22. The van der Waals surface area contributed by atoms with Gasteiger partial charge in [-0.1, -0.05) is 0 Å². The fourth-order valence-electron chi connectivity index (χ4n) is 1.07. The van der Waals surface area contributed by atoms with Crippen LogP contribution in [0.25, 0.3) is 5.52 Å². The summed E-state index contributed by atoms with van der Waals surface area (Å²) < 4.78 is 26.5. The summed E-state index contributed by atoms with van der Waals surface area (Å²) in [5, 5.41) is 12.0. The van der Waals surface area contributed by atoms with Crippen LogP contribution in [-0.2, 0) is 0 Å². The summed E-state index contributed by atoms with van der Waals surface area (Å²) in [5.74, 6) is -1.50. The molecule has 0 saturated carbocycles. The molecule has 0 aliphatic rings. The van der Waals surface area contributed by atoms with Crippen LogP contribution in [0.3, 0.4) is 0 Å². The molecule has 2 rings (SSSR count). The van der Waals surface area contributed by atoms with Crippen molar-refractivity contribution in [2.45, 2.75) is 0 Å². The number of fused-ring (bicyclic) bond motifs is 1. The smallest absolute Gasteiger partial charge is 0.204 e. The maximum atomic E-state index is 12.9. The molecule has 0 atom stereocenters. The summed E-state index contributed by atoms with van der Waals surface area (Å²) in [5.41, 5.74) is 0.168. The van der Waals surface area contributed by atoms with Crippen LogP contribution >= 0.6 is 0 Å². The van der Waals surface area contributed by atoms with Gasteiger partial charge in [0.05, 0.1) is 11.8 Å². The van der Waals surface area contributed by atoms with E-state index in [1.807, 2.05) is 0 Å². The molecule has 0 bridgehead atoms. The first kappa shape index (κ1) is 7.68. The Morgan fingerprint density at radius 2 is 2.15 bits per heavy atom. The third-order valence-electron chi connectivity index (χ3n) is 1.65. The van der Waals surface area contributed by atoms with Gasteiger partial charge in [0.1, 0.15) is 11.6 Å². The Balaban J connectivity index is 2.86. The van der Waals surface area contributed by atoms with Crippen LogP contribution in [0.1, 0.15) is 5.56 Å². The highest BCUT2D eigenvalue weighted by Gasteiger charge is 2.09. The van der Waals surface area contributed by atoms with Crippen LogP contribution < -0.4 is 0 Å². The second kappa shape index (κ2) is 2.52. The quantitative estimate of drug-likeness (QED) is 0.614. The van der Waals surface area contributed by atoms with Crippen LogP contribution in [0.4, 0.5) is 8.78 Å². The second-order valence-electron chi connectivity index (χ2n) is 2.47. The monoisotopic (exact) mass is 179 g/mol. The van der Waals surface area contributed by atoms with E-state index in [-0.39, 0.29) is 11.1 Å². The Labute approximate surface area is 71.8 Å². The van der Waals surface area contributed by atoms with Gasteiger partial charge in [0.25, 0.3) is 0 Å². The van der Waals surface area contributed by atoms with E-state index in [1.54, 1.807) is 6.07 Å². The van der Waals surface area contributed by atoms with Gasteiger partial charge in [-0.05, 0) is 6.07 Å². The normalized spacial score (nSPS) is 10.2. The highest BCUT2D eigenvalue weighted by atomic mass is 19.1. The molecule has 0 saturated heterocycles. The zero-order valence-corrected chi connectivity index (χ0v) is 6.33. The number of halogens is 2. The molecule has 0 fully saturated rings. The maximum absolute atomic E-state index is 12.9. The van der Waals surface area contributed by atoms with Crippen LogP contribution in [0, 0.1) is 23.1 Å². The van der Waals surface area contributed by atoms with Crippen LogP contribution in [0.5, 0.6) is 0 Å². The van der Waals surface area contributed by atoms with E-state index >= 15 is 0 Å². The Bertz CT molecular complexity index is 510. The van der Waals surface area contributed by atoms with Gasteiger partial charge in [0.15, 0.2) is 5.82 Å². The highest BCUT2D eigenvalue weighted by Crippen LogP contribution is 2.13. The number of rotatable bonds is 0. The maximum Gasteiger partial charge on any atom is 0.217 e. The van der Waals surface area contributed by atoms with Crippen LogP contribution in [0.2, 0.25) is 0 Å². The third kappa shape index (κ3) is 1.04. The summed E-state index contributed by atoms with van der Waals surface area (Å²) in [7, 11) is 0. The molecular weight excluding hydrogens is 176 g/mol. The molecule has 64 valence electrons. The van der Waals surface area contributed by atoms with Crippen molar-refractivity contribution in [3.8, 4) is 6.07 Å². The molecule has 0 aliphatic carbocycles. The largest absolute Gasteiger partial charge is 0.217 e. The van der Waals surface area contributed by atoms with Crippen molar-refractivity contribution in [3.05, 3.63) is 35.7 Å². The first-order valence-electron chi connectivity index (χ1n) is 3.45. The van der Waals surface area contributed by atoms with Gasteiger partial charge in [0.2, 0.25) is 5.95 Å². The Kier molecular flexibility index (Phi) is 1.49. The van der Waals surface area contributed by atoms with Gasteiger partial charge < -0.3 is 0 Å². The van der Waals surface area contributed by atoms with Gasteiger partial charge in [-0.25, -0.2) is 8.91 Å². The Morgan fingerprint density at radius 1 is 1.38 bits per heavy atom. The molecule has 2 aromatic heterocycles. The van der Waals surface area contributed by atoms with Gasteiger partial charge in [-0.15, -0.1) is 0 Å². The van der Waals surface area contributed by atoms with E-state index in [0.29, 0.717) is 0 Å². The number of aromatic nitrogens is 2. The topological polar surface area (TPSA) is 41.1 Å². The summed E-state index contributed by atoms with van der Waals surface area (Å²) in [6, 6.07) is 3.76. The third-order valence-corrected chi connectivity index (χ3v) is 1.65. The number of hydrogen-bond acceptors (Lipinski definition) is 2. The van der Waals surface area contributed by atoms with E-state index < -0.39 is 11.8 Å². The van der Waals surface area contributed by atoms with E-state index in [4.69, 9.17) is 5.26 Å². The number of nitrogens with zero attached hydrogens (tertiary/aromatic N) is 3. The fraction of sp³-hybridized carbons (Fsp3) is 0. The Hall–Kier alpha value is -1.96. The van der Waals surface area contributed by atoms with Gasteiger partial charge in [0, 0.05) is 6.07 Å². The molecule has 3 nitrogen and oxygen atoms in total. The van der Waals surface area contributed by atoms with Crippen LogP contribution in [0.15, 0.2) is 18.3 Å². The summed E-state index contributed by atoms with van der Waals surface area (Å²) in [6.45, 7) is 0. The van der Waals surface area contributed by atoms with E-state index in [0.717, 1.165) is 10.6 Å². The molecule has 2 heterocycles. The fourth-order valence-corrected chi connectivity index (χ4v) is 1.07. The van der Waals surface area contributed by atoms with E-state index in [9.17, 15) is 8.78 Å². The van der Waals surface area contributed by atoms with Crippen molar-refractivity contribution in [2.75, 3.05) is 0 Å². The highest BCUT2D eigenvalue weighted by molar-refractivity contribution is 5.52. The van der Waals surface area contributed by atoms with E-state index in [2.05, 4.69) is 5.10 Å². The van der Waals surface area contributed by atoms with Crippen molar-refractivity contribution in [3.63, 3.8) is 0 Å². The molecule has 0 spiro atoms. The van der Waals surface area contributed by atoms with E-state index in [1.165, 1.54) is 12.3 Å². The lowest BCUT2D eigenvalue weighted by Crippen LogP contribution is -1.94. The zero-order valence-electron chi connectivity index (χ0n) is 6.33. The predicted molar refractivity (Wildman–Crippen MR) is 39.8 cm³/mol. The minimum absolute atomic E-state index is 0.0310. The lowest BCUT2D eigenvalue weighted by atomic mass is 10.3. The number of nitriles is 1. The molecule has 5 heteroatoms. The Morgan fingerprint density at radius 3 is 2.85 bits per heavy atom. The van der Waals surface area contributed by atoms with Crippen molar-refractivity contribution in [1.29, 1.82) is 5.26 Å². The minimum atomic E-state index is -0.781. The van der Waals surface area contributed by atoms with Crippen molar-refractivity contribution >= 4 is 5.52 Å². The zero-order chi connectivity index (χ0) is 9.42. The molecular formula is C8H3F2N3. The molecule has 0 radical (unpaired) electrons. The molecule has 0 amide bonds. The van der Waals surface area contributed by atoms with Gasteiger partial charge in [-0.3, -0.25) is 0 Å². The standard InChI is InChI=1S/C8H3F2N3/c9-6-2-8(10)13-7(6)1-5(3-11)4-12-13/h1-2,4H. The summed E-state index contributed by atoms with van der Waals surface area (Å²) >= 11 is 0. The molecule has 0 aromatic carbocycles. The lowest BCUT2D eigenvalue weighted by molar-refractivity contribution is 0.547. The van der Waals surface area contributed by atoms with Gasteiger partial charge >= 0.3 is 0 Å². The van der Waals surface area contributed by atoms with Crippen LogP contribution in [-0.4, -0.2) is 9.61 Å². The average Bonchev–Trinajstić information content (AvgIpc) is 2.42. The van der Waals surface area contributed by atoms with Crippen molar-refractivity contribution in [2.24, 2.45) is 0 Å². The lowest BCUT2D eigenvalue weighted by Gasteiger charge is -1.93. The SMILES string of the molecule is N#Cc1cnn2c(F)cc(F)c2c1. The van der Waals surface area contributed by atoms with Gasteiger partial charge in [-0.2, -0.15) is 14.8 Å². The average molecular weight is 179 g/mol. The molecule has 2 aromatic rings. The molecule has 0 N–H and O–H groups in total. The van der Waals surface area contributed by atoms with Crippen molar-refractivity contribution < 1.29 is 8.78 Å². The predicted octanol–water partition coefficient (Wildman–Crippen LogP) is 1.48. The first-order valence-corrected chi connectivity index (χ1v) is 3.45.